The zero-order chi connectivity index (χ0) is 12.8. The minimum Gasteiger partial charge on any atom is -0.323 e. The van der Waals surface area contributed by atoms with Gasteiger partial charge in [0.25, 0.3) is 0 Å². The first-order valence-electron chi connectivity index (χ1n) is 5.82. The summed E-state index contributed by atoms with van der Waals surface area (Å²) in [6, 6.07) is 3.62. The minimum absolute atomic E-state index is 0.237. The number of thioether (sulfide) groups is 1. The highest BCUT2D eigenvalue weighted by Gasteiger charge is 2.10. The van der Waals surface area contributed by atoms with Gasteiger partial charge in [0.2, 0.25) is 0 Å². The van der Waals surface area contributed by atoms with Crippen molar-refractivity contribution >= 4 is 11.8 Å². The molecule has 2 atom stereocenters. The molecule has 96 valence electrons. The minimum atomic E-state index is -0.829. The van der Waals surface area contributed by atoms with Crippen LogP contribution in [0, 0.1) is 17.6 Å². The number of halogens is 2. The lowest BCUT2D eigenvalue weighted by atomic mass is 10.1. The molecule has 0 aliphatic carbocycles. The second-order valence-corrected chi connectivity index (χ2v) is 5.41. The first-order chi connectivity index (χ1) is 8.04. The Morgan fingerprint density at radius 3 is 2.53 bits per heavy atom. The van der Waals surface area contributed by atoms with Crippen LogP contribution in [0.3, 0.4) is 0 Å². The highest BCUT2D eigenvalue weighted by Crippen LogP contribution is 2.20. The number of rotatable bonds is 6. The molecular formula is C13H19F2NS. The van der Waals surface area contributed by atoms with Crippen LogP contribution >= 0.6 is 11.8 Å². The fourth-order valence-electron chi connectivity index (χ4n) is 1.35. The van der Waals surface area contributed by atoms with Crippen LogP contribution in [-0.2, 0) is 0 Å². The maximum atomic E-state index is 13.0. The summed E-state index contributed by atoms with van der Waals surface area (Å²) in [5.41, 5.74) is 6.58. The van der Waals surface area contributed by atoms with Crippen LogP contribution in [0.1, 0.15) is 31.9 Å². The highest BCUT2D eigenvalue weighted by molar-refractivity contribution is 7.99. The normalized spacial score (nSPS) is 14.6. The molecule has 0 aliphatic heterocycles. The van der Waals surface area contributed by atoms with Crippen LogP contribution in [-0.4, -0.2) is 11.5 Å². The van der Waals surface area contributed by atoms with Crippen molar-refractivity contribution in [2.75, 3.05) is 11.5 Å². The highest BCUT2D eigenvalue weighted by atomic mass is 32.2. The maximum absolute atomic E-state index is 13.0. The first kappa shape index (κ1) is 14.5. The van der Waals surface area contributed by atoms with Crippen molar-refractivity contribution in [1.82, 2.24) is 0 Å². The van der Waals surface area contributed by atoms with E-state index >= 15 is 0 Å². The molecule has 2 unspecified atom stereocenters. The monoisotopic (exact) mass is 259 g/mol. The van der Waals surface area contributed by atoms with Gasteiger partial charge in [-0.1, -0.05) is 26.3 Å². The second kappa shape index (κ2) is 6.97. The summed E-state index contributed by atoms with van der Waals surface area (Å²) in [7, 11) is 0. The fraction of sp³-hybridized carbons (Fsp3) is 0.538. The molecule has 4 heteroatoms. The molecular weight excluding hydrogens is 240 g/mol. The molecule has 0 radical (unpaired) electrons. The average Bonchev–Trinajstić information content (AvgIpc) is 2.32. The fourth-order valence-corrected chi connectivity index (χ4v) is 2.57. The summed E-state index contributed by atoms with van der Waals surface area (Å²) >= 11 is 1.76. The summed E-state index contributed by atoms with van der Waals surface area (Å²) in [6.45, 7) is 4.34. The molecule has 1 nitrogen and oxygen atoms in total. The van der Waals surface area contributed by atoms with Gasteiger partial charge >= 0.3 is 0 Å². The van der Waals surface area contributed by atoms with Crippen LogP contribution in [0.15, 0.2) is 18.2 Å². The van der Waals surface area contributed by atoms with E-state index < -0.39 is 11.6 Å². The molecule has 0 spiro atoms. The Kier molecular flexibility index (Phi) is 5.92. The van der Waals surface area contributed by atoms with Gasteiger partial charge in [-0.15, -0.1) is 0 Å². The largest absolute Gasteiger partial charge is 0.323 e. The van der Waals surface area contributed by atoms with Gasteiger partial charge in [-0.05, 0) is 29.4 Å². The van der Waals surface area contributed by atoms with Crippen molar-refractivity contribution in [2.24, 2.45) is 11.7 Å². The second-order valence-electron chi connectivity index (χ2n) is 4.33. The molecule has 1 aromatic carbocycles. The van der Waals surface area contributed by atoms with Gasteiger partial charge in [0, 0.05) is 11.8 Å². The molecule has 1 aromatic rings. The van der Waals surface area contributed by atoms with Crippen molar-refractivity contribution in [2.45, 2.75) is 26.3 Å². The zero-order valence-electron chi connectivity index (χ0n) is 10.2. The first-order valence-corrected chi connectivity index (χ1v) is 6.98. The van der Waals surface area contributed by atoms with Crippen LogP contribution in [0.25, 0.3) is 0 Å². The Hall–Kier alpha value is -0.610. The van der Waals surface area contributed by atoms with E-state index in [-0.39, 0.29) is 6.04 Å². The van der Waals surface area contributed by atoms with E-state index in [0.717, 1.165) is 24.0 Å². The Balaban J connectivity index is 2.46. The van der Waals surface area contributed by atoms with Gasteiger partial charge in [0.1, 0.15) is 0 Å². The number of hydrogen-bond donors (Lipinski definition) is 1. The number of benzene rings is 1. The molecule has 0 saturated heterocycles. The summed E-state index contributed by atoms with van der Waals surface area (Å²) in [6.07, 6.45) is 1.15. The predicted molar refractivity (Wildman–Crippen MR) is 70.1 cm³/mol. The molecule has 0 heterocycles. The third-order valence-corrected chi connectivity index (χ3v) is 4.17. The van der Waals surface area contributed by atoms with Gasteiger partial charge in [-0.2, -0.15) is 11.8 Å². The smallest absolute Gasteiger partial charge is 0.159 e. The summed E-state index contributed by atoms with van der Waals surface area (Å²) < 4.78 is 25.8. The van der Waals surface area contributed by atoms with Gasteiger partial charge in [0.05, 0.1) is 0 Å². The van der Waals surface area contributed by atoms with Gasteiger partial charge in [-0.25, -0.2) is 8.78 Å². The molecule has 0 aliphatic rings. The third-order valence-electron chi connectivity index (χ3n) is 2.77. The number of nitrogens with two attached hydrogens (primary N) is 1. The maximum Gasteiger partial charge on any atom is 0.159 e. The van der Waals surface area contributed by atoms with Crippen LogP contribution < -0.4 is 5.73 Å². The summed E-state index contributed by atoms with van der Waals surface area (Å²) in [5, 5.41) is 0. The quantitative estimate of drug-likeness (QED) is 0.842. The molecule has 0 saturated carbocycles. The standard InChI is InChI=1S/C13H19F2NS/c1-3-9(2)7-17-8-13(16)10-4-5-11(14)12(15)6-10/h4-6,9,13H,3,7-8,16H2,1-2H3. The molecule has 1 rings (SSSR count). The predicted octanol–water partition coefficient (Wildman–Crippen LogP) is 3.74. The van der Waals surface area contributed by atoms with E-state index in [2.05, 4.69) is 13.8 Å². The SMILES string of the molecule is CCC(C)CSCC(N)c1ccc(F)c(F)c1. The van der Waals surface area contributed by atoms with Crippen molar-refractivity contribution < 1.29 is 8.78 Å². The summed E-state index contributed by atoms with van der Waals surface area (Å²) in [4.78, 5) is 0. The molecule has 17 heavy (non-hydrogen) atoms. The van der Waals surface area contributed by atoms with E-state index in [0.29, 0.717) is 11.5 Å². The lowest BCUT2D eigenvalue weighted by Crippen LogP contribution is -2.14. The topological polar surface area (TPSA) is 26.0 Å². The van der Waals surface area contributed by atoms with Crippen molar-refractivity contribution in [3.8, 4) is 0 Å². The molecule has 2 N–H and O–H groups in total. The van der Waals surface area contributed by atoms with Crippen molar-refractivity contribution in [3.05, 3.63) is 35.4 Å². The van der Waals surface area contributed by atoms with Gasteiger partial charge in [-0.3, -0.25) is 0 Å². The lowest BCUT2D eigenvalue weighted by Gasteiger charge is -2.13. The Morgan fingerprint density at radius 2 is 1.94 bits per heavy atom. The molecule has 0 bridgehead atoms. The van der Waals surface area contributed by atoms with E-state index in [4.69, 9.17) is 5.73 Å². The molecule has 0 fully saturated rings. The Bertz CT molecular complexity index is 357. The van der Waals surface area contributed by atoms with E-state index in [1.54, 1.807) is 17.8 Å². The van der Waals surface area contributed by atoms with Crippen LogP contribution in [0.5, 0.6) is 0 Å². The van der Waals surface area contributed by atoms with E-state index in [1.165, 1.54) is 6.07 Å². The molecule has 0 aromatic heterocycles. The third kappa shape index (κ3) is 4.64. The van der Waals surface area contributed by atoms with Crippen LogP contribution in [0.4, 0.5) is 8.78 Å². The van der Waals surface area contributed by atoms with Crippen molar-refractivity contribution in [3.63, 3.8) is 0 Å². The Labute approximate surface area is 106 Å². The lowest BCUT2D eigenvalue weighted by molar-refractivity contribution is 0.506. The van der Waals surface area contributed by atoms with E-state index in [1.807, 2.05) is 0 Å². The van der Waals surface area contributed by atoms with Gasteiger partial charge < -0.3 is 5.73 Å². The average molecular weight is 259 g/mol. The summed E-state index contributed by atoms with van der Waals surface area (Å²) in [5.74, 6) is 0.791. The molecule has 0 amide bonds. The van der Waals surface area contributed by atoms with Crippen molar-refractivity contribution in [1.29, 1.82) is 0 Å². The zero-order valence-corrected chi connectivity index (χ0v) is 11.1. The van der Waals surface area contributed by atoms with E-state index in [9.17, 15) is 8.78 Å². The van der Waals surface area contributed by atoms with Crippen LogP contribution in [0.2, 0.25) is 0 Å². The van der Waals surface area contributed by atoms with Gasteiger partial charge in [0.15, 0.2) is 11.6 Å². The Morgan fingerprint density at radius 1 is 1.24 bits per heavy atom. The number of hydrogen-bond acceptors (Lipinski definition) is 2.